The first-order chi connectivity index (χ1) is 20.6. The molecule has 3 saturated heterocycles. The Balaban J connectivity index is 1.55. The zero-order chi connectivity index (χ0) is 30.9. The number of hydrogen-bond donors (Lipinski definition) is 1. The largest absolute Gasteiger partial charge is 0.465 e. The fourth-order valence-corrected chi connectivity index (χ4v) is 9.90. The number of benzene rings is 2. The van der Waals surface area contributed by atoms with Crippen LogP contribution in [0.3, 0.4) is 0 Å². The number of unbranched alkanes of at least 4 members (excludes halogenated alkanes) is 2. The summed E-state index contributed by atoms with van der Waals surface area (Å²) in [6, 6.07) is 12.5. The molecule has 0 radical (unpaired) electrons. The van der Waals surface area contributed by atoms with Crippen molar-refractivity contribution in [2.75, 3.05) is 24.7 Å². The molecule has 0 aliphatic carbocycles. The number of esters is 1. The van der Waals surface area contributed by atoms with Crippen LogP contribution in [0.25, 0.3) is 10.8 Å². The predicted octanol–water partition coefficient (Wildman–Crippen LogP) is 5.76. The van der Waals surface area contributed by atoms with E-state index in [0.717, 1.165) is 35.7 Å². The zero-order valence-corrected chi connectivity index (χ0v) is 26.4. The van der Waals surface area contributed by atoms with E-state index in [2.05, 4.69) is 13.2 Å². The van der Waals surface area contributed by atoms with Gasteiger partial charge in [-0.3, -0.25) is 14.4 Å². The van der Waals surface area contributed by atoms with Crippen molar-refractivity contribution in [3.8, 4) is 0 Å². The second kappa shape index (κ2) is 12.5. The highest BCUT2D eigenvalue weighted by Crippen LogP contribution is 2.72. The van der Waals surface area contributed by atoms with Crippen molar-refractivity contribution in [2.45, 2.75) is 74.5 Å². The van der Waals surface area contributed by atoms with Crippen molar-refractivity contribution < 1.29 is 24.2 Å². The minimum atomic E-state index is -0.840. The molecule has 2 aromatic rings. The molecule has 7 nitrogen and oxygen atoms in total. The smallest absolute Gasteiger partial charge is 0.311 e. The number of allylic oxidation sites excluding steroid dienone is 1. The highest BCUT2D eigenvalue weighted by atomic mass is 32.2. The van der Waals surface area contributed by atoms with Crippen LogP contribution in [0.2, 0.25) is 0 Å². The number of fused-ring (bicyclic) bond motifs is 2. The molecule has 0 saturated carbocycles. The maximum atomic E-state index is 14.9. The van der Waals surface area contributed by atoms with Gasteiger partial charge in [-0.2, -0.15) is 0 Å². The molecule has 3 heterocycles. The minimum absolute atomic E-state index is 0.0963. The van der Waals surface area contributed by atoms with Gasteiger partial charge in [0.25, 0.3) is 5.91 Å². The third-order valence-electron chi connectivity index (χ3n) is 9.69. The summed E-state index contributed by atoms with van der Waals surface area (Å²) in [7, 11) is 0. The highest BCUT2D eigenvalue weighted by molar-refractivity contribution is 8.02. The average molecular weight is 605 g/mol. The summed E-state index contributed by atoms with van der Waals surface area (Å²) in [5.74, 6) is -2.24. The first-order valence-corrected chi connectivity index (χ1v) is 16.3. The fourth-order valence-electron chi connectivity index (χ4n) is 7.58. The third kappa shape index (κ3) is 5.31. The predicted molar refractivity (Wildman–Crippen MR) is 173 cm³/mol. The number of thioether (sulfide) groups is 1. The summed E-state index contributed by atoms with van der Waals surface area (Å²) >= 11 is 1.62. The lowest BCUT2D eigenvalue weighted by atomic mass is 9.66. The molecule has 6 atom stereocenters. The molecule has 3 aliphatic rings. The Hall–Kier alpha value is -3.10. The van der Waals surface area contributed by atoms with Gasteiger partial charge in [-0.1, -0.05) is 56.3 Å². The number of ether oxygens (including phenoxy) is 1. The number of aliphatic hydroxyl groups is 1. The number of nitrogens with zero attached hydrogens (tertiary/aromatic N) is 2. The van der Waals surface area contributed by atoms with E-state index in [9.17, 15) is 19.5 Å². The van der Waals surface area contributed by atoms with Crippen LogP contribution < -0.4 is 4.90 Å². The lowest BCUT2D eigenvalue weighted by molar-refractivity contribution is -0.156. The van der Waals surface area contributed by atoms with Crippen LogP contribution in [0.4, 0.5) is 5.69 Å². The normalized spacial score (nSPS) is 28.3. The van der Waals surface area contributed by atoms with Gasteiger partial charge >= 0.3 is 5.97 Å². The monoisotopic (exact) mass is 604 g/mol. The number of carbonyl (C=O) groups is 3. The van der Waals surface area contributed by atoms with Gasteiger partial charge in [0.05, 0.1) is 35.8 Å². The van der Waals surface area contributed by atoms with Gasteiger partial charge < -0.3 is 19.6 Å². The van der Waals surface area contributed by atoms with Crippen LogP contribution in [0.5, 0.6) is 0 Å². The Bertz CT molecular complexity index is 1410. The van der Waals surface area contributed by atoms with Crippen molar-refractivity contribution in [1.29, 1.82) is 0 Å². The SMILES string of the molecule is C=CCCCCOC(=O)[C@H]1[C@H]2C(=O)N([C@@H](CO)C(C)C)C(C(=O)N(CC=C)c3ccc4ccccc4c3)C23CC[C@]1(C)S3. The maximum Gasteiger partial charge on any atom is 0.311 e. The van der Waals surface area contributed by atoms with Crippen molar-refractivity contribution in [2.24, 2.45) is 17.8 Å². The fraction of sp³-hybridized carbons (Fsp3) is 0.514. The van der Waals surface area contributed by atoms with Gasteiger partial charge in [-0.15, -0.1) is 24.9 Å². The second-order valence-corrected chi connectivity index (χ2v) is 14.6. The van der Waals surface area contributed by atoms with E-state index in [4.69, 9.17) is 4.74 Å². The Morgan fingerprint density at radius 2 is 1.88 bits per heavy atom. The number of aliphatic hydroxyl groups excluding tert-OH is 1. The quantitative estimate of drug-likeness (QED) is 0.178. The van der Waals surface area contributed by atoms with E-state index in [1.807, 2.05) is 69.3 Å². The molecule has 230 valence electrons. The minimum Gasteiger partial charge on any atom is -0.465 e. The standard InChI is InChI=1S/C35H44N2O5S/c1-6-8-9-12-20-42-33(41)29-28-31(39)37(27(22-38)23(3)4)30(35(28)18-17-34(29,5)43-35)32(40)36(19-7-2)26-16-15-24-13-10-11-14-25(24)21-26/h6-7,10-11,13-16,21,23,27-30,38H,1-2,8-9,12,17-20,22H2,3-5H3/t27-,28-,29+,30?,34-,35?/m0/s1. The van der Waals surface area contributed by atoms with Gasteiger partial charge in [0.2, 0.25) is 5.91 Å². The molecular weight excluding hydrogens is 560 g/mol. The number of carbonyl (C=O) groups excluding carboxylic acids is 3. The molecule has 0 aromatic heterocycles. The number of anilines is 1. The number of amides is 2. The van der Waals surface area contributed by atoms with Crippen molar-refractivity contribution in [1.82, 2.24) is 4.90 Å². The lowest BCUT2D eigenvalue weighted by Gasteiger charge is -2.40. The van der Waals surface area contributed by atoms with Crippen LogP contribution >= 0.6 is 11.8 Å². The van der Waals surface area contributed by atoms with Gasteiger partial charge in [0.15, 0.2) is 0 Å². The molecule has 2 aromatic carbocycles. The van der Waals surface area contributed by atoms with Gasteiger partial charge in [-0.25, -0.2) is 0 Å². The van der Waals surface area contributed by atoms with E-state index >= 15 is 0 Å². The van der Waals surface area contributed by atoms with Crippen LogP contribution in [-0.4, -0.2) is 69.1 Å². The zero-order valence-electron chi connectivity index (χ0n) is 25.5. The van der Waals surface area contributed by atoms with Crippen molar-refractivity contribution >= 4 is 46.0 Å². The summed E-state index contributed by atoms with van der Waals surface area (Å²) < 4.78 is 4.48. The van der Waals surface area contributed by atoms with Crippen molar-refractivity contribution in [3.05, 3.63) is 67.8 Å². The Labute approximate surface area is 259 Å². The van der Waals surface area contributed by atoms with E-state index in [0.29, 0.717) is 19.4 Å². The van der Waals surface area contributed by atoms with Crippen LogP contribution in [-0.2, 0) is 19.1 Å². The first-order valence-electron chi connectivity index (χ1n) is 15.5. The molecule has 1 N–H and O–H groups in total. The first kappa shape index (κ1) is 31.3. The van der Waals surface area contributed by atoms with Crippen LogP contribution in [0.1, 0.15) is 52.9 Å². The molecular formula is C35H44N2O5S. The molecule has 2 bridgehead atoms. The molecule has 8 heteroatoms. The van der Waals surface area contributed by atoms with E-state index in [1.165, 1.54) is 0 Å². The summed E-state index contributed by atoms with van der Waals surface area (Å²) in [6.07, 6.45) is 7.35. The third-order valence-corrected chi connectivity index (χ3v) is 11.7. The molecule has 43 heavy (non-hydrogen) atoms. The van der Waals surface area contributed by atoms with Crippen LogP contribution in [0, 0.1) is 17.8 Å². The molecule has 5 rings (SSSR count). The van der Waals surface area contributed by atoms with Gasteiger partial charge in [0, 0.05) is 17.0 Å². The van der Waals surface area contributed by atoms with Crippen molar-refractivity contribution in [3.63, 3.8) is 0 Å². The lowest BCUT2D eigenvalue weighted by Crippen LogP contribution is -2.58. The molecule has 1 spiro atoms. The summed E-state index contributed by atoms with van der Waals surface area (Å²) in [4.78, 5) is 46.5. The Morgan fingerprint density at radius 1 is 1.14 bits per heavy atom. The Morgan fingerprint density at radius 3 is 2.56 bits per heavy atom. The number of hydrogen-bond acceptors (Lipinski definition) is 6. The number of rotatable bonds is 13. The average Bonchev–Trinajstić information content (AvgIpc) is 3.56. The summed E-state index contributed by atoms with van der Waals surface area (Å²) in [5.41, 5.74) is 0.722. The Kier molecular flexibility index (Phi) is 9.10. The molecule has 2 unspecified atom stereocenters. The number of likely N-dealkylation sites (tertiary alicyclic amines) is 1. The van der Waals surface area contributed by atoms with Crippen LogP contribution in [0.15, 0.2) is 67.8 Å². The van der Waals surface area contributed by atoms with Gasteiger partial charge in [-0.05, 0) is 67.9 Å². The van der Waals surface area contributed by atoms with E-state index < -0.39 is 33.4 Å². The van der Waals surface area contributed by atoms with E-state index in [1.54, 1.807) is 27.6 Å². The maximum absolute atomic E-state index is 14.9. The topological polar surface area (TPSA) is 87.1 Å². The highest BCUT2D eigenvalue weighted by Gasteiger charge is 2.78. The van der Waals surface area contributed by atoms with Gasteiger partial charge in [0.1, 0.15) is 6.04 Å². The molecule has 2 amide bonds. The molecule has 3 aliphatic heterocycles. The second-order valence-electron chi connectivity index (χ2n) is 12.7. The summed E-state index contributed by atoms with van der Waals surface area (Å²) in [6.45, 7) is 13.9. The van der Waals surface area contributed by atoms with E-state index in [-0.39, 0.29) is 36.9 Å². The molecule has 3 fully saturated rings. The summed E-state index contributed by atoms with van der Waals surface area (Å²) in [5, 5.41) is 12.6.